The molecule has 2 aliphatic rings. The van der Waals surface area contributed by atoms with Crippen LogP contribution in [-0.2, 0) is 0 Å². The quantitative estimate of drug-likeness (QED) is 0.561. The third-order valence-corrected chi connectivity index (χ3v) is 6.45. The summed E-state index contributed by atoms with van der Waals surface area (Å²) in [5.41, 5.74) is 4.80. The number of rotatable bonds is 3. The number of carbonyl (C=O) groups is 1. The second-order valence-corrected chi connectivity index (χ2v) is 8.23. The highest BCUT2D eigenvalue weighted by Crippen LogP contribution is 2.34. The van der Waals surface area contributed by atoms with Crippen LogP contribution < -0.4 is 5.32 Å². The molecule has 3 aromatic heterocycles. The van der Waals surface area contributed by atoms with Crippen LogP contribution >= 0.6 is 0 Å². The fourth-order valence-corrected chi connectivity index (χ4v) is 4.61. The molecular formula is C24H22N6O. The Kier molecular flexibility index (Phi) is 4.28. The number of carbonyl (C=O) groups excluding carboxylic acids is 1. The standard InChI is InChI=1S/C24H22N6O/c31-24(29-15-25-13-18-6-7-22(18)29)17-8-10-26-21(12-17)19-14-27-30-11-9-20(28-23(19)30)16-4-2-1-3-5-16/h1-5,8-12,14,18,22,25H,6-7,13,15H2. The van der Waals surface area contributed by atoms with Gasteiger partial charge >= 0.3 is 0 Å². The second kappa shape index (κ2) is 7.28. The molecule has 7 nitrogen and oxygen atoms in total. The Morgan fingerprint density at radius 1 is 1.06 bits per heavy atom. The maximum Gasteiger partial charge on any atom is 0.255 e. The maximum atomic E-state index is 13.2. The van der Waals surface area contributed by atoms with E-state index in [1.54, 1.807) is 23.0 Å². The van der Waals surface area contributed by atoms with Crippen molar-refractivity contribution in [2.45, 2.75) is 18.9 Å². The van der Waals surface area contributed by atoms with Crippen molar-refractivity contribution < 1.29 is 4.79 Å². The van der Waals surface area contributed by atoms with Crippen molar-refractivity contribution in [1.29, 1.82) is 0 Å². The van der Waals surface area contributed by atoms with E-state index >= 15 is 0 Å². The van der Waals surface area contributed by atoms with Crippen molar-refractivity contribution in [1.82, 2.24) is 29.8 Å². The zero-order valence-electron chi connectivity index (χ0n) is 17.0. The molecule has 31 heavy (non-hydrogen) atoms. The lowest BCUT2D eigenvalue weighted by molar-refractivity contribution is 0.0173. The monoisotopic (exact) mass is 410 g/mol. The highest BCUT2D eigenvalue weighted by atomic mass is 16.2. The van der Waals surface area contributed by atoms with Gasteiger partial charge < -0.3 is 4.90 Å². The maximum absolute atomic E-state index is 13.2. The molecule has 0 spiro atoms. The van der Waals surface area contributed by atoms with Crippen molar-refractivity contribution in [2.75, 3.05) is 13.2 Å². The number of fused-ring (bicyclic) bond motifs is 2. The van der Waals surface area contributed by atoms with E-state index in [1.807, 2.05) is 53.6 Å². The predicted molar refractivity (Wildman–Crippen MR) is 117 cm³/mol. The Balaban J connectivity index is 1.36. The summed E-state index contributed by atoms with van der Waals surface area (Å²) >= 11 is 0. The van der Waals surface area contributed by atoms with Crippen LogP contribution in [0.5, 0.6) is 0 Å². The summed E-state index contributed by atoms with van der Waals surface area (Å²) in [6, 6.07) is 16.0. The molecule has 1 N–H and O–H groups in total. The first-order chi connectivity index (χ1) is 15.3. The minimum Gasteiger partial charge on any atom is -0.323 e. The average molecular weight is 410 g/mol. The van der Waals surface area contributed by atoms with Gasteiger partial charge in [0.2, 0.25) is 0 Å². The lowest BCUT2D eigenvalue weighted by atomic mass is 9.77. The number of nitrogens with one attached hydrogen (secondary N) is 1. The van der Waals surface area contributed by atoms with Crippen LogP contribution in [0.15, 0.2) is 67.1 Å². The van der Waals surface area contributed by atoms with Crippen molar-refractivity contribution >= 4 is 11.6 Å². The molecule has 1 aliphatic carbocycles. The van der Waals surface area contributed by atoms with Gasteiger partial charge in [-0.25, -0.2) is 9.50 Å². The van der Waals surface area contributed by atoms with Crippen LogP contribution in [0.3, 0.4) is 0 Å². The van der Waals surface area contributed by atoms with Gasteiger partial charge in [-0.1, -0.05) is 30.3 Å². The summed E-state index contributed by atoms with van der Waals surface area (Å²) in [6.07, 6.45) is 7.65. The van der Waals surface area contributed by atoms with Gasteiger partial charge in [-0.15, -0.1) is 0 Å². The second-order valence-electron chi connectivity index (χ2n) is 8.23. The van der Waals surface area contributed by atoms with Crippen LogP contribution in [0, 0.1) is 5.92 Å². The Labute approximate surface area is 179 Å². The Morgan fingerprint density at radius 3 is 2.81 bits per heavy atom. The molecule has 2 unspecified atom stereocenters. The van der Waals surface area contributed by atoms with Crippen LogP contribution in [0.25, 0.3) is 28.2 Å². The molecule has 154 valence electrons. The van der Waals surface area contributed by atoms with Crippen molar-refractivity contribution in [2.24, 2.45) is 5.92 Å². The smallest absolute Gasteiger partial charge is 0.255 e. The molecule has 1 aromatic carbocycles. The average Bonchev–Trinajstić information content (AvgIpc) is 3.23. The molecule has 1 saturated heterocycles. The van der Waals surface area contributed by atoms with Crippen LogP contribution in [-0.4, -0.2) is 49.6 Å². The molecule has 6 rings (SSSR count). The molecule has 1 amide bonds. The summed E-state index contributed by atoms with van der Waals surface area (Å²) in [6.45, 7) is 1.62. The molecule has 4 heterocycles. The van der Waals surface area contributed by atoms with Gasteiger partial charge in [-0.3, -0.25) is 15.1 Å². The summed E-state index contributed by atoms with van der Waals surface area (Å²) in [5, 5.41) is 7.81. The highest BCUT2D eigenvalue weighted by molar-refractivity contribution is 5.96. The lowest BCUT2D eigenvalue weighted by Crippen LogP contribution is -2.60. The number of benzene rings is 1. The van der Waals surface area contributed by atoms with E-state index in [-0.39, 0.29) is 5.91 Å². The minimum atomic E-state index is 0.0555. The van der Waals surface area contributed by atoms with Crippen LogP contribution in [0.4, 0.5) is 0 Å². The van der Waals surface area contributed by atoms with Gasteiger partial charge in [0.1, 0.15) is 0 Å². The Hall–Kier alpha value is -3.58. The van der Waals surface area contributed by atoms with Crippen molar-refractivity contribution in [3.63, 3.8) is 0 Å². The van der Waals surface area contributed by atoms with E-state index in [1.165, 1.54) is 6.42 Å². The first-order valence-corrected chi connectivity index (χ1v) is 10.7. The van der Waals surface area contributed by atoms with E-state index in [9.17, 15) is 4.79 Å². The number of nitrogens with zero attached hydrogens (tertiary/aromatic N) is 5. The predicted octanol–water partition coefficient (Wildman–Crippen LogP) is 3.24. The van der Waals surface area contributed by atoms with Crippen LogP contribution in [0.2, 0.25) is 0 Å². The lowest BCUT2D eigenvalue weighted by Gasteiger charge is -2.48. The first kappa shape index (κ1) is 18.2. The van der Waals surface area contributed by atoms with Gasteiger partial charge in [0.15, 0.2) is 5.65 Å². The zero-order chi connectivity index (χ0) is 20.8. The van der Waals surface area contributed by atoms with Crippen LogP contribution in [0.1, 0.15) is 23.2 Å². The summed E-state index contributed by atoms with van der Waals surface area (Å²) in [7, 11) is 0. The number of aromatic nitrogens is 4. The molecule has 7 heteroatoms. The highest BCUT2D eigenvalue weighted by Gasteiger charge is 2.40. The molecule has 1 saturated carbocycles. The first-order valence-electron chi connectivity index (χ1n) is 10.7. The largest absolute Gasteiger partial charge is 0.323 e. The van der Waals surface area contributed by atoms with Gasteiger partial charge in [0, 0.05) is 36.1 Å². The molecule has 0 bridgehead atoms. The molecular weight excluding hydrogens is 388 g/mol. The van der Waals surface area contributed by atoms with E-state index < -0.39 is 0 Å². The Morgan fingerprint density at radius 2 is 1.97 bits per heavy atom. The number of pyridine rings is 1. The minimum absolute atomic E-state index is 0.0555. The third-order valence-electron chi connectivity index (χ3n) is 6.45. The number of hydrogen-bond donors (Lipinski definition) is 1. The fourth-order valence-electron chi connectivity index (χ4n) is 4.61. The molecule has 2 atom stereocenters. The van der Waals surface area contributed by atoms with Crippen molar-refractivity contribution in [3.8, 4) is 22.5 Å². The normalized spacial score (nSPS) is 20.3. The fraction of sp³-hybridized carbons (Fsp3) is 0.250. The summed E-state index contributed by atoms with van der Waals surface area (Å²) < 4.78 is 1.74. The van der Waals surface area contributed by atoms with E-state index in [2.05, 4.69) is 15.4 Å². The van der Waals surface area contributed by atoms with Gasteiger partial charge in [-0.05, 0) is 37.0 Å². The third kappa shape index (κ3) is 3.09. The van der Waals surface area contributed by atoms with Gasteiger partial charge in [0.05, 0.1) is 29.8 Å². The molecule has 2 fully saturated rings. The van der Waals surface area contributed by atoms with Gasteiger partial charge in [-0.2, -0.15) is 5.10 Å². The SMILES string of the molecule is O=C(c1ccnc(-c2cnn3ccc(-c4ccccc4)nc23)c1)N1CNCC2CCC21. The van der Waals surface area contributed by atoms with E-state index in [0.717, 1.165) is 35.4 Å². The topological polar surface area (TPSA) is 75.4 Å². The molecule has 1 aliphatic heterocycles. The summed E-state index contributed by atoms with van der Waals surface area (Å²) in [5.74, 6) is 0.638. The van der Waals surface area contributed by atoms with Gasteiger partial charge in [0.25, 0.3) is 5.91 Å². The molecule has 4 aromatic rings. The summed E-state index contributed by atoms with van der Waals surface area (Å²) in [4.78, 5) is 24.6. The molecule has 0 radical (unpaired) electrons. The van der Waals surface area contributed by atoms with E-state index in [0.29, 0.717) is 29.9 Å². The number of amides is 1. The number of hydrogen-bond acceptors (Lipinski definition) is 5. The van der Waals surface area contributed by atoms with E-state index in [4.69, 9.17) is 4.98 Å². The Bertz CT molecular complexity index is 1270. The zero-order valence-corrected chi connectivity index (χ0v) is 17.0. The van der Waals surface area contributed by atoms with Crippen molar-refractivity contribution in [3.05, 3.63) is 72.7 Å².